The lowest BCUT2D eigenvalue weighted by Gasteiger charge is -2.15. The van der Waals surface area contributed by atoms with Crippen molar-refractivity contribution in [1.82, 2.24) is 10.3 Å². The van der Waals surface area contributed by atoms with Crippen molar-refractivity contribution >= 4 is 22.4 Å². The Morgan fingerprint density at radius 3 is 2.86 bits per heavy atom. The second kappa shape index (κ2) is 7.56. The van der Waals surface area contributed by atoms with Crippen molar-refractivity contribution in [2.45, 2.75) is 6.04 Å². The van der Waals surface area contributed by atoms with Crippen LogP contribution >= 0.6 is 11.3 Å². The SMILES string of the molecule is C=CCNc1ncc(C(=O)N[C@H](CO)c2ccccc2)s1. The summed E-state index contributed by atoms with van der Waals surface area (Å²) >= 11 is 1.26. The molecule has 6 heteroatoms. The van der Waals surface area contributed by atoms with Crippen LogP contribution in [0.3, 0.4) is 0 Å². The number of carbonyl (C=O) groups is 1. The van der Waals surface area contributed by atoms with Crippen LogP contribution in [0.5, 0.6) is 0 Å². The first-order chi connectivity index (χ1) is 10.2. The van der Waals surface area contributed by atoms with Gasteiger partial charge in [-0.25, -0.2) is 4.98 Å². The minimum absolute atomic E-state index is 0.157. The highest BCUT2D eigenvalue weighted by Gasteiger charge is 2.16. The Kier molecular flexibility index (Phi) is 5.48. The van der Waals surface area contributed by atoms with Crippen LogP contribution in [0, 0.1) is 0 Å². The lowest BCUT2D eigenvalue weighted by molar-refractivity contribution is 0.0920. The van der Waals surface area contributed by atoms with Gasteiger partial charge in [-0.05, 0) is 5.56 Å². The number of anilines is 1. The maximum atomic E-state index is 12.2. The van der Waals surface area contributed by atoms with Gasteiger partial charge in [0.25, 0.3) is 5.91 Å². The highest BCUT2D eigenvalue weighted by atomic mass is 32.1. The molecule has 1 atom stereocenters. The quantitative estimate of drug-likeness (QED) is 0.686. The van der Waals surface area contributed by atoms with Crippen LogP contribution in [0.15, 0.2) is 49.2 Å². The lowest BCUT2D eigenvalue weighted by Crippen LogP contribution is -2.30. The second-order valence-electron chi connectivity index (χ2n) is 4.32. The molecule has 0 aliphatic heterocycles. The van der Waals surface area contributed by atoms with Crippen LogP contribution in [0.2, 0.25) is 0 Å². The van der Waals surface area contributed by atoms with Crippen molar-refractivity contribution in [3.05, 3.63) is 59.6 Å². The van der Waals surface area contributed by atoms with Gasteiger partial charge < -0.3 is 15.7 Å². The topological polar surface area (TPSA) is 74.2 Å². The first-order valence-electron chi connectivity index (χ1n) is 6.52. The lowest BCUT2D eigenvalue weighted by atomic mass is 10.1. The maximum Gasteiger partial charge on any atom is 0.263 e. The highest BCUT2D eigenvalue weighted by molar-refractivity contribution is 7.17. The summed E-state index contributed by atoms with van der Waals surface area (Å²) in [5.41, 5.74) is 0.864. The molecule has 0 radical (unpaired) electrons. The summed E-state index contributed by atoms with van der Waals surface area (Å²) in [5, 5.41) is 15.9. The average molecular weight is 303 g/mol. The number of thiazole rings is 1. The molecule has 0 saturated carbocycles. The third kappa shape index (κ3) is 4.14. The van der Waals surface area contributed by atoms with Gasteiger partial charge in [0, 0.05) is 6.54 Å². The Hall–Kier alpha value is -2.18. The van der Waals surface area contributed by atoms with Crippen LogP contribution < -0.4 is 10.6 Å². The Labute approximate surface area is 127 Å². The van der Waals surface area contributed by atoms with E-state index in [1.165, 1.54) is 17.5 Å². The van der Waals surface area contributed by atoms with E-state index in [-0.39, 0.29) is 12.5 Å². The Balaban J connectivity index is 2.02. The minimum atomic E-state index is -0.426. The number of nitrogens with one attached hydrogen (secondary N) is 2. The zero-order valence-corrected chi connectivity index (χ0v) is 12.3. The summed E-state index contributed by atoms with van der Waals surface area (Å²) in [5.74, 6) is -0.248. The fraction of sp³-hybridized carbons (Fsp3) is 0.200. The van der Waals surface area contributed by atoms with E-state index in [1.807, 2.05) is 30.3 Å². The molecule has 5 nitrogen and oxygen atoms in total. The fourth-order valence-electron chi connectivity index (χ4n) is 1.77. The van der Waals surface area contributed by atoms with Crippen molar-refractivity contribution in [1.29, 1.82) is 0 Å². The number of hydrogen-bond donors (Lipinski definition) is 3. The van der Waals surface area contributed by atoms with Gasteiger partial charge in [0.1, 0.15) is 4.88 Å². The van der Waals surface area contributed by atoms with Gasteiger partial charge in [0.2, 0.25) is 0 Å². The van der Waals surface area contributed by atoms with Gasteiger partial charge in [-0.3, -0.25) is 4.79 Å². The molecule has 0 spiro atoms. The summed E-state index contributed by atoms with van der Waals surface area (Å²) in [6.07, 6.45) is 3.24. The summed E-state index contributed by atoms with van der Waals surface area (Å²) in [4.78, 5) is 16.8. The van der Waals surface area contributed by atoms with E-state index in [0.717, 1.165) is 5.56 Å². The second-order valence-corrected chi connectivity index (χ2v) is 5.35. The van der Waals surface area contributed by atoms with Crippen LogP contribution in [0.1, 0.15) is 21.3 Å². The molecule has 110 valence electrons. The van der Waals surface area contributed by atoms with E-state index in [2.05, 4.69) is 22.2 Å². The van der Waals surface area contributed by atoms with Crippen LogP contribution in [-0.2, 0) is 0 Å². The van der Waals surface area contributed by atoms with Crippen LogP contribution in [0.4, 0.5) is 5.13 Å². The van der Waals surface area contributed by atoms with E-state index < -0.39 is 6.04 Å². The van der Waals surface area contributed by atoms with Crippen molar-refractivity contribution in [3.8, 4) is 0 Å². The molecular formula is C15H17N3O2S. The number of aliphatic hydroxyl groups is 1. The third-order valence-corrected chi connectivity index (χ3v) is 3.77. The first-order valence-corrected chi connectivity index (χ1v) is 7.33. The average Bonchev–Trinajstić information content (AvgIpc) is 3.00. The normalized spacial score (nSPS) is 11.7. The predicted molar refractivity (Wildman–Crippen MR) is 84.5 cm³/mol. The standard InChI is InChI=1S/C15H17N3O2S/c1-2-8-16-15-17-9-13(21-15)14(20)18-12(10-19)11-6-4-3-5-7-11/h2-7,9,12,19H,1,8,10H2,(H,16,17)(H,18,20)/t12-/m1/s1. The molecule has 21 heavy (non-hydrogen) atoms. The van der Waals surface area contributed by atoms with Crippen LogP contribution in [0.25, 0.3) is 0 Å². The number of carbonyl (C=O) groups excluding carboxylic acids is 1. The molecule has 1 aromatic carbocycles. The Bertz CT molecular complexity index is 598. The number of aliphatic hydroxyl groups excluding tert-OH is 1. The number of amides is 1. The summed E-state index contributed by atoms with van der Waals surface area (Å²) in [6, 6.07) is 8.93. The molecule has 0 aliphatic rings. The van der Waals surface area contributed by atoms with Gasteiger partial charge in [-0.2, -0.15) is 0 Å². The molecule has 2 rings (SSSR count). The number of aromatic nitrogens is 1. The van der Waals surface area contributed by atoms with Crippen LogP contribution in [-0.4, -0.2) is 29.1 Å². The summed E-state index contributed by atoms with van der Waals surface area (Å²) in [7, 11) is 0. The van der Waals surface area contributed by atoms with E-state index >= 15 is 0 Å². The minimum Gasteiger partial charge on any atom is -0.394 e. The predicted octanol–water partition coefficient (Wildman–Crippen LogP) is 2.20. The highest BCUT2D eigenvalue weighted by Crippen LogP contribution is 2.19. The number of hydrogen-bond acceptors (Lipinski definition) is 5. The molecular weight excluding hydrogens is 286 g/mol. The van der Waals surface area contributed by atoms with E-state index in [1.54, 1.807) is 6.08 Å². The smallest absolute Gasteiger partial charge is 0.263 e. The molecule has 0 fully saturated rings. The zero-order chi connectivity index (χ0) is 15.1. The van der Waals surface area contributed by atoms with Crippen molar-refractivity contribution in [2.75, 3.05) is 18.5 Å². The molecule has 2 aromatic rings. The van der Waals surface area contributed by atoms with Gasteiger partial charge in [-0.1, -0.05) is 47.7 Å². The van der Waals surface area contributed by atoms with Crippen molar-refractivity contribution < 1.29 is 9.90 Å². The van der Waals surface area contributed by atoms with Gasteiger partial charge in [0.05, 0.1) is 18.8 Å². The van der Waals surface area contributed by atoms with E-state index in [9.17, 15) is 9.90 Å². The maximum absolute atomic E-state index is 12.2. The molecule has 3 N–H and O–H groups in total. The van der Waals surface area contributed by atoms with Gasteiger partial charge >= 0.3 is 0 Å². The zero-order valence-electron chi connectivity index (χ0n) is 11.5. The molecule has 1 amide bonds. The number of rotatable bonds is 7. The molecule has 1 heterocycles. The summed E-state index contributed by atoms with van der Waals surface area (Å²) < 4.78 is 0. The molecule has 0 aliphatic carbocycles. The van der Waals surface area contributed by atoms with Gasteiger partial charge in [0.15, 0.2) is 5.13 Å². The molecule has 0 bridgehead atoms. The molecule has 1 aromatic heterocycles. The molecule has 0 saturated heterocycles. The number of nitrogens with zero attached hydrogens (tertiary/aromatic N) is 1. The monoisotopic (exact) mass is 303 g/mol. The third-order valence-electron chi connectivity index (χ3n) is 2.82. The van der Waals surface area contributed by atoms with E-state index in [0.29, 0.717) is 16.6 Å². The van der Waals surface area contributed by atoms with Gasteiger partial charge in [-0.15, -0.1) is 6.58 Å². The Morgan fingerprint density at radius 2 is 2.19 bits per heavy atom. The van der Waals surface area contributed by atoms with Crippen molar-refractivity contribution in [3.63, 3.8) is 0 Å². The number of benzene rings is 1. The summed E-state index contributed by atoms with van der Waals surface area (Å²) in [6.45, 7) is 4.05. The molecule has 0 unspecified atom stereocenters. The largest absolute Gasteiger partial charge is 0.394 e. The first kappa shape index (κ1) is 15.2. The van der Waals surface area contributed by atoms with E-state index in [4.69, 9.17) is 0 Å². The van der Waals surface area contributed by atoms with Crippen molar-refractivity contribution in [2.24, 2.45) is 0 Å². The fourth-order valence-corrected chi connectivity index (χ4v) is 2.50. The Morgan fingerprint density at radius 1 is 1.43 bits per heavy atom.